The molecule has 0 radical (unpaired) electrons. The Labute approximate surface area is 180 Å². The molecule has 0 aliphatic rings. The van der Waals surface area contributed by atoms with Crippen molar-refractivity contribution in [3.05, 3.63) is 88.6 Å². The molecule has 1 N–H and O–H groups in total. The molecule has 0 unspecified atom stereocenters. The third-order valence-corrected chi connectivity index (χ3v) is 5.98. The van der Waals surface area contributed by atoms with Gasteiger partial charge in [0.15, 0.2) is 15.5 Å². The quantitative estimate of drug-likeness (QED) is 0.552. The van der Waals surface area contributed by atoms with E-state index in [9.17, 15) is 13.2 Å². The van der Waals surface area contributed by atoms with Gasteiger partial charge in [-0.2, -0.15) is 0 Å². The van der Waals surface area contributed by atoms with Crippen molar-refractivity contribution in [2.24, 2.45) is 0 Å². The summed E-state index contributed by atoms with van der Waals surface area (Å²) in [5.41, 5.74) is 1.79. The van der Waals surface area contributed by atoms with Gasteiger partial charge in [-0.3, -0.25) is 4.79 Å². The van der Waals surface area contributed by atoms with E-state index in [1.165, 1.54) is 0 Å². The Morgan fingerprint density at radius 1 is 1.00 bits per heavy atom. The molecule has 0 fully saturated rings. The average molecular weight is 445 g/mol. The van der Waals surface area contributed by atoms with E-state index in [0.717, 1.165) is 5.56 Å². The maximum Gasteiger partial charge on any atom is 0.275 e. The third kappa shape index (κ3) is 6.05. The number of sulfone groups is 1. The van der Waals surface area contributed by atoms with Gasteiger partial charge in [0.2, 0.25) is 5.88 Å². The highest BCUT2D eigenvalue weighted by molar-refractivity contribution is 7.89. The number of ether oxygens (including phenoxy) is 1. The summed E-state index contributed by atoms with van der Waals surface area (Å²) in [5, 5.41) is 2.90. The fourth-order valence-electron chi connectivity index (χ4n) is 2.87. The maximum absolute atomic E-state index is 12.6. The van der Waals surface area contributed by atoms with Crippen LogP contribution in [0.5, 0.6) is 5.88 Å². The number of carbonyl (C=O) groups excluding carboxylic acids is 1. The predicted molar refractivity (Wildman–Crippen MR) is 118 cm³/mol. The minimum Gasteiger partial charge on any atom is -0.478 e. The fourth-order valence-corrected chi connectivity index (χ4v) is 4.55. The molecular formula is C22H21ClN2O4S. The van der Waals surface area contributed by atoms with Gasteiger partial charge in [0.05, 0.1) is 23.1 Å². The van der Waals surface area contributed by atoms with Gasteiger partial charge < -0.3 is 10.1 Å². The van der Waals surface area contributed by atoms with Crippen molar-refractivity contribution in [3.63, 3.8) is 0 Å². The molecule has 156 valence electrons. The number of carbonyl (C=O) groups is 1. The molecule has 0 aliphatic heterocycles. The second kappa shape index (κ2) is 9.73. The van der Waals surface area contributed by atoms with Gasteiger partial charge in [0, 0.05) is 11.8 Å². The lowest BCUT2D eigenvalue weighted by molar-refractivity contribution is 0.102. The van der Waals surface area contributed by atoms with E-state index in [1.807, 2.05) is 13.0 Å². The summed E-state index contributed by atoms with van der Waals surface area (Å²) < 4.78 is 30.4. The van der Waals surface area contributed by atoms with Crippen LogP contribution >= 0.6 is 11.6 Å². The summed E-state index contributed by atoms with van der Waals surface area (Å²) in [4.78, 5) is 16.7. The lowest BCUT2D eigenvalue weighted by Gasteiger charge is -2.10. The average Bonchev–Trinajstić information content (AvgIpc) is 2.70. The van der Waals surface area contributed by atoms with Crippen molar-refractivity contribution in [1.29, 1.82) is 0 Å². The Morgan fingerprint density at radius 2 is 1.70 bits per heavy atom. The lowest BCUT2D eigenvalue weighted by atomic mass is 10.2. The number of rotatable bonds is 8. The van der Waals surface area contributed by atoms with Crippen molar-refractivity contribution in [2.75, 3.05) is 11.9 Å². The topological polar surface area (TPSA) is 85.4 Å². The molecule has 0 atom stereocenters. The first-order valence-corrected chi connectivity index (χ1v) is 11.5. The molecule has 8 heteroatoms. The number of nitrogens with one attached hydrogen (secondary N) is 1. The largest absolute Gasteiger partial charge is 0.478 e. The minimum atomic E-state index is -3.37. The number of halogens is 1. The fraction of sp³-hybridized carbons (Fsp3) is 0.182. The van der Waals surface area contributed by atoms with E-state index in [-0.39, 0.29) is 22.2 Å². The van der Waals surface area contributed by atoms with Crippen LogP contribution < -0.4 is 10.1 Å². The normalized spacial score (nSPS) is 11.1. The molecule has 0 bridgehead atoms. The van der Waals surface area contributed by atoms with E-state index < -0.39 is 15.7 Å². The Morgan fingerprint density at radius 3 is 2.43 bits per heavy atom. The number of aromatic nitrogens is 1. The van der Waals surface area contributed by atoms with E-state index in [4.69, 9.17) is 16.3 Å². The molecule has 0 saturated heterocycles. The Hall–Kier alpha value is -2.90. The summed E-state index contributed by atoms with van der Waals surface area (Å²) in [6.07, 6.45) is 0. The van der Waals surface area contributed by atoms with Crippen LogP contribution in [-0.2, 0) is 21.3 Å². The Kier molecular flexibility index (Phi) is 7.07. The Balaban J connectivity index is 1.73. The van der Waals surface area contributed by atoms with Gasteiger partial charge in [0.25, 0.3) is 5.91 Å². The minimum absolute atomic E-state index is 0.0321. The maximum atomic E-state index is 12.6. The SMILES string of the molecule is CCOc1ccc(Cl)c(C(=O)Nc2cccc(CS(=O)(=O)Cc3ccccc3)c2)n1. The van der Waals surface area contributed by atoms with Crippen LogP contribution in [0, 0.1) is 0 Å². The smallest absolute Gasteiger partial charge is 0.275 e. The van der Waals surface area contributed by atoms with Gasteiger partial charge in [-0.05, 0) is 36.2 Å². The molecule has 0 spiro atoms. The molecule has 3 aromatic rings. The van der Waals surface area contributed by atoms with Gasteiger partial charge in [0.1, 0.15) is 0 Å². The van der Waals surface area contributed by atoms with Crippen LogP contribution in [0.1, 0.15) is 28.5 Å². The zero-order valence-electron chi connectivity index (χ0n) is 16.3. The summed E-state index contributed by atoms with van der Waals surface area (Å²) in [5.74, 6) is -0.392. The monoisotopic (exact) mass is 444 g/mol. The standard InChI is InChI=1S/C22H21ClN2O4S/c1-2-29-20-12-11-19(23)21(25-20)22(26)24-18-10-6-9-17(13-18)15-30(27,28)14-16-7-4-3-5-8-16/h3-13H,2,14-15H2,1H3,(H,24,26). The van der Waals surface area contributed by atoms with Crippen molar-refractivity contribution < 1.29 is 17.9 Å². The highest BCUT2D eigenvalue weighted by Gasteiger charge is 2.16. The number of hydrogen-bond donors (Lipinski definition) is 1. The second-order valence-electron chi connectivity index (χ2n) is 6.59. The number of nitrogens with zero attached hydrogens (tertiary/aromatic N) is 1. The summed E-state index contributed by atoms with van der Waals surface area (Å²) in [6.45, 7) is 2.22. The molecule has 6 nitrogen and oxygen atoms in total. The molecule has 1 aromatic heterocycles. The molecule has 30 heavy (non-hydrogen) atoms. The van der Waals surface area contributed by atoms with E-state index in [1.54, 1.807) is 60.7 Å². The lowest BCUT2D eigenvalue weighted by Crippen LogP contribution is -2.15. The zero-order chi connectivity index (χ0) is 21.6. The van der Waals surface area contributed by atoms with Gasteiger partial charge >= 0.3 is 0 Å². The Bertz CT molecular complexity index is 1130. The molecule has 0 saturated carbocycles. The van der Waals surface area contributed by atoms with E-state index in [0.29, 0.717) is 23.7 Å². The first-order chi connectivity index (χ1) is 14.4. The molecule has 1 heterocycles. The van der Waals surface area contributed by atoms with E-state index in [2.05, 4.69) is 10.3 Å². The summed E-state index contributed by atoms with van der Waals surface area (Å²) >= 11 is 6.09. The zero-order valence-corrected chi connectivity index (χ0v) is 17.9. The molecule has 2 aromatic carbocycles. The van der Waals surface area contributed by atoms with Crippen LogP contribution in [0.2, 0.25) is 5.02 Å². The highest BCUT2D eigenvalue weighted by Crippen LogP contribution is 2.21. The number of anilines is 1. The molecule has 3 rings (SSSR count). The van der Waals surface area contributed by atoms with Crippen LogP contribution in [-0.4, -0.2) is 25.9 Å². The van der Waals surface area contributed by atoms with E-state index >= 15 is 0 Å². The number of amides is 1. The van der Waals surface area contributed by atoms with Gasteiger partial charge in [-0.15, -0.1) is 0 Å². The predicted octanol–water partition coefficient (Wildman–Crippen LogP) is 4.50. The molecular weight excluding hydrogens is 424 g/mol. The van der Waals surface area contributed by atoms with Gasteiger partial charge in [-0.25, -0.2) is 13.4 Å². The van der Waals surface area contributed by atoms with Crippen molar-refractivity contribution >= 4 is 33.0 Å². The van der Waals surface area contributed by atoms with Crippen LogP contribution in [0.25, 0.3) is 0 Å². The number of hydrogen-bond acceptors (Lipinski definition) is 5. The third-order valence-electron chi connectivity index (χ3n) is 4.13. The number of benzene rings is 2. The summed E-state index contributed by atoms with van der Waals surface area (Å²) in [7, 11) is -3.37. The first kappa shape index (κ1) is 21.8. The van der Waals surface area contributed by atoms with Crippen LogP contribution in [0.15, 0.2) is 66.7 Å². The summed E-state index contributed by atoms with van der Waals surface area (Å²) in [6, 6.07) is 18.8. The van der Waals surface area contributed by atoms with Crippen LogP contribution in [0.4, 0.5) is 5.69 Å². The van der Waals surface area contributed by atoms with Crippen molar-refractivity contribution in [2.45, 2.75) is 18.4 Å². The molecule has 1 amide bonds. The van der Waals surface area contributed by atoms with Gasteiger partial charge in [-0.1, -0.05) is 54.1 Å². The highest BCUT2D eigenvalue weighted by atomic mass is 35.5. The van der Waals surface area contributed by atoms with Crippen LogP contribution in [0.3, 0.4) is 0 Å². The molecule has 0 aliphatic carbocycles. The van der Waals surface area contributed by atoms with Crippen molar-refractivity contribution in [3.8, 4) is 5.88 Å². The number of pyridine rings is 1. The first-order valence-electron chi connectivity index (χ1n) is 9.30. The second-order valence-corrected chi connectivity index (χ2v) is 9.06. The van der Waals surface area contributed by atoms with Crippen molar-refractivity contribution in [1.82, 2.24) is 4.98 Å².